The summed E-state index contributed by atoms with van der Waals surface area (Å²) >= 11 is 7.56. The summed E-state index contributed by atoms with van der Waals surface area (Å²) in [5, 5.41) is 0.128. The van der Waals surface area contributed by atoms with E-state index in [0.717, 1.165) is 11.4 Å². The zero-order chi connectivity index (χ0) is 16.1. The molecule has 1 aliphatic heterocycles. The van der Waals surface area contributed by atoms with E-state index in [0.29, 0.717) is 23.8 Å². The van der Waals surface area contributed by atoms with E-state index in [9.17, 15) is 8.42 Å². The smallest absolute Gasteiger partial charge is 0.262 e. The van der Waals surface area contributed by atoms with Crippen molar-refractivity contribution in [3.05, 3.63) is 32.9 Å². The molecular formula is C14H18ClN3O2S2. The van der Waals surface area contributed by atoms with E-state index in [1.807, 2.05) is 27.0 Å². The summed E-state index contributed by atoms with van der Waals surface area (Å²) in [5.74, 6) is 0.951. The summed E-state index contributed by atoms with van der Waals surface area (Å²) in [6.07, 6.45) is 2.30. The van der Waals surface area contributed by atoms with Gasteiger partial charge in [-0.15, -0.1) is 11.3 Å². The molecule has 2 aromatic rings. The number of aryl methyl sites for hydroxylation is 1. The number of aromatic nitrogens is 2. The van der Waals surface area contributed by atoms with Crippen molar-refractivity contribution in [3.8, 4) is 0 Å². The highest BCUT2D eigenvalue weighted by molar-refractivity contribution is 7.89. The summed E-state index contributed by atoms with van der Waals surface area (Å²) in [6.45, 7) is 4.84. The Bertz CT molecular complexity index is 808. The number of fused-ring (bicyclic) bond motifs is 1. The van der Waals surface area contributed by atoms with Crippen molar-refractivity contribution < 1.29 is 8.42 Å². The number of thiophene rings is 1. The molecule has 0 fully saturated rings. The van der Waals surface area contributed by atoms with Crippen LogP contribution in [0, 0.1) is 0 Å². The highest BCUT2D eigenvalue weighted by Crippen LogP contribution is 2.33. The zero-order valence-electron chi connectivity index (χ0n) is 12.7. The molecule has 0 amide bonds. The second kappa shape index (κ2) is 5.63. The molecule has 0 unspecified atom stereocenters. The number of sulfonamides is 1. The van der Waals surface area contributed by atoms with Crippen LogP contribution in [0.15, 0.2) is 17.3 Å². The Morgan fingerprint density at radius 3 is 2.77 bits per heavy atom. The summed E-state index contributed by atoms with van der Waals surface area (Å²) in [7, 11) is -1.74. The SMILES string of the molecule is CC(C)c1nc(S(=O)(=O)N2CCc3sc(Cl)cc3C2)cn1C. The van der Waals surface area contributed by atoms with Crippen molar-refractivity contribution >= 4 is 33.0 Å². The first kappa shape index (κ1) is 16.0. The maximum atomic E-state index is 12.8. The Hall–Kier alpha value is -0.890. The molecule has 0 atom stereocenters. The molecule has 0 aliphatic carbocycles. The second-order valence-electron chi connectivity index (χ2n) is 5.79. The van der Waals surface area contributed by atoms with Gasteiger partial charge >= 0.3 is 0 Å². The fourth-order valence-electron chi connectivity index (χ4n) is 2.72. The Morgan fingerprint density at radius 1 is 1.41 bits per heavy atom. The minimum absolute atomic E-state index is 0.128. The number of halogens is 1. The van der Waals surface area contributed by atoms with Crippen molar-refractivity contribution in [1.82, 2.24) is 13.9 Å². The van der Waals surface area contributed by atoms with E-state index in [1.54, 1.807) is 10.8 Å². The van der Waals surface area contributed by atoms with Gasteiger partial charge < -0.3 is 4.57 Å². The van der Waals surface area contributed by atoms with Crippen molar-refractivity contribution in [2.24, 2.45) is 7.05 Å². The molecule has 3 rings (SSSR count). The molecule has 5 nitrogen and oxygen atoms in total. The van der Waals surface area contributed by atoms with Crippen LogP contribution >= 0.6 is 22.9 Å². The average Bonchev–Trinajstić information content (AvgIpc) is 2.99. The van der Waals surface area contributed by atoms with Crippen LogP contribution in [0.2, 0.25) is 4.34 Å². The van der Waals surface area contributed by atoms with Crippen molar-refractivity contribution in [1.29, 1.82) is 0 Å². The van der Waals surface area contributed by atoms with E-state index < -0.39 is 10.0 Å². The third kappa shape index (κ3) is 2.71. The summed E-state index contributed by atoms with van der Waals surface area (Å²) in [4.78, 5) is 5.51. The fraction of sp³-hybridized carbons (Fsp3) is 0.500. The van der Waals surface area contributed by atoms with Crippen molar-refractivity contribution in [3.63, 3.8) is 0 Å². The van der Waals surface area contributed by atoms with E-state index in [-0.39, 0.29) is 10.9 Å². The first-order valence-corrected chi connectivity index (χ1v) is 9.73. The van der Waals surface area contributed by atoms with Gasteiger partial charge in [0, 0.05) is 37.1 Å². The van der Waals surface area contributed by atoms with Crippen LogP contribution in [0.1, 0.15) is 36.0 Å². The van der Waals surface area contributed by atoms with E-state index in [2.05, 4.69) is 4.98 Å². The van der Waals surface area contributed by atoms with Gasteiger partial charge in [0.1, 0.15) is 5.82 Å². The first-order valence-electron chi connectivity index (χ1n) is 7.09. The molecule has 3 heterocycles. The van der Waals surface area contributed by atoms with Crippen molar-refractivity contribution in [2.45, 2.75) is 37.8 Å². The monoisotopic (exact) mass is 359 g/mol. The molecule has 0 saturated heterocycles. The van der Waals surface area contributed by atoms with Gasteiger partial charge in [-0.05, 0) is 18.1 Å². The van der Waals surface area contributed by atoms with E-state index in [1.165, 1.54) is 20.5 Å². The molecule has 0 bridgehead atoms. The van der Waals surface area contributed by atoms with Crippen LogP contribution < -0.4 is 0 Å². The number of rotatable bonds is 3. The standard InChI is InChI=1S/C14H18ClN3O2S2/c1-9(2)14-16-13(8-17(14)3)22(19,20)18-5-4-11-10(7-18)6-12(15)21-11/h6,8-9H,4-5,7H2,1-3H3. The average molecular weight is 360 g/mol. The third-order valence-electron chi connectivity index (χ3n) is 3.81. The van der Waals surface area contributed by atoms with Crippen LogP contribution in [0.5, 0.6) is 0 Å². The second-order valence-corrected chi connectivity index (χ2v) is 9.44. The lowest BCUT2D eigenvalue weighted by Crippen LogP contribution is -2.35. The minimum atomic E-state index is -3.57. The van der Waals surface area contributed by atoms with Gasteiger partial charge in [0.25, 0.3) is 10.0 Å². The largest absolute Gasteiger partial charge is 0.336 e. The number of hydrogen-bond donors (Lipinski definition) is 0. The Balaban J connectivity index is 1.92. The lowest BCUT2D eigenvalue weighted by Gasteiger charge is -2.25. The Kier molecular flexibility index (Phi) is 4.09. The van der Waals surface area contributed by atoms with Crippen molar-refractivity contribution in [2.75, 3.05) is 6.54 Å². The highest BCUT2D eigenvalue weighted by Gasteiger charge is 2.31. The third-order valence-corrected chi connectivity index (χ3v) is 6.90. The van der Waals surface area contributed by atoms with Gasteiger partial charge in [-0.2, -0.15) is 4.31 Å². The lowest BCUT2D eigenvalue weighted by atomic mass is 10.1. The summed E-state index contributed by atoms with van der Waals surface area (Å²) in [6, 6.07) is 1.86. The molecule has 0 radical (unpaired) electrons. The maximum Gasteiger partial charge on any atom is 0.262 e. The topological polar surface area (TPSA) is 55.2 Å². The van der Waals surface area contributed by atoms with Gasteiger partial charge in [0.05, 0.1) is 4.34 Å². The van der Waals surface area contributed by atoms with Gasteiger partial charge in [-0.1, -0.05) is 25.4 Å². The normalized spacial score (nSPS) is 16.2. The molecule has 0 N–H and O–H groups in total. The number of nitrogens with zero attached hydrogens (tertiary/aromatic N) is 3. The van der Waals surface area contributed by atoms with Gasteiger partial charge in [-0.3, -0.25) is 0 Å². The molecule has 0 saturated carbocycles. The lowest BCUT2D eigenvalue weighted by molar-refractivity contribution is 0.392. The summed E-state index contributed by atoms with van der Waals surface area (Å²) in [5.41, 5.74) is 1.00. The summed E-state index contributed by atoms with van der Waals surface area (Å²) < 4.78 is 29.6. The zero-order valence-corrected chi connectivity index (χ0v) is 15.1. The van der Waals surface area contributed by atoms with E-state index >= 15 is 0 Å². The molecule has 8 heteroatoms. The molecule has 2 aromatic heterocycles. The Labute approximate surface area is 139 Å². The molecular weight excluding hydrogens is 342 g/mol. The molecule has 120 valence electrons. The van der Waals surface area contributed by atoms with Gasteiger partial charge in [0.2, 0.25) is 0 Å². The first-order chi connectivity index (χ1) is 10.3. The van der Waals surface area contributed by atoms with Crippen LogP contribution in [0.25, 0.3) is 0 Å². The van der Waals surface area contributed by atoms with Gasteiger partial charge in [-0.25, -0.2) is 13.4 Å². The van der Waals surface area contributed by atoms with Crippen LogP contribution in [-0.4, -0.2) is 28.8 Å². The Morgan fingerprint density at radius 2 is 2.14 bits per heavy atom. The highest BCUT2D eigenvalue weighted by atomic mass is 35.5. The predicted molar refractivity (Wildman–Crippen MR) is 87.9 cm³/mol. The van der Waals surface area contributed by atoms with Crippen LogP contribution in [-0.2, 0) is 30.0 Å². The maximum absolute atomic E-state index is 12.8. The molecule has 0 spiro atoms. The van der Waals surface area contributed by atoms with E-state index in [4.69, 9.17) is 11.6 Å². The number of hydrogen-bond acceptors (Lipinski definition) is 4. The molecule has 1 aliphatic rings. The molecule has 22 heavy (non-hydrogen) atoms. The quantitative estimate of drug-likeness (QED) is 0.846. The fourth-order valence-corrected chi connectivity index (χ4v) is 5.42. The van der Waals surface area contributed by atoms with Gasteiger partial charge in [0.15, 0.2) is 5.03 Å². The number of imidazole rings is 1. The molecule has 0 aromatic carbocycles. The van der Waals surface area contributed by atoms with Crippen LogP contribution in [0.3, 0.4) is 0 Å². The predicted octanol–water partition coefficient (Wildman–Crippen LogP) is 3.01. The van der Waals surface area contributed by atoms with Crippen LogP contribution in [0.4, 0.5) is 0 Å². The minimum Gasteiger partial charge on any atom is -0.336 e.